The zero-order chi connectivity index (χ0) is 10.2. The van der Waals surface area contributed by atoms with E-state index in [0.717, 1.165) is 39.3 Å². The van der Waals surface area contributed by atoms with Crippen LogP contribution >= 0.6 is 0 Å². The van der Waals surface area contributed by atoms with E-state index in [1.54, 1.807) is 0 Å². The van der Waals surface area contributed by atoms with Crippen molar-refractivity contribution in [2.24, 2.45) is 4.99 Å². The third-order valence-electron chi connectivity index (χ3n) is 2.30. The van der Waals surface area contributed by atoms with Gasteiger partial charge in [-0.15, -0.1) is 0 Å². The molecule has 82 valence electrons. The van der Waals surface area contributed by atoms with E-state index < -0.39 is 0 Å². The first-order chi connectivity index (χ1) is 6.79. The van der Waals surface area contributed by atoms with Crippen molar-refractivity contribution >= 4 is 5.71 Å². The van der Waals surface area contributed by atoms with Gasteiger partial charge in [-0.25, -0.2) is 0 Å². The fourth-order valence-electron chi connectivity index (χ4n) is 1.46. The summed E-state index contributed by atoms with van der Waals surface area (Å²) < 4.78 is 0. The van der Waals surface area contributed by atoms with Gasteiger partial charge >= 0.3 is 0 Å². The van der Waals surface area contributed by atoms with E-state index in [1.807, 2.05) is 0 Å². The van der Waals surface area contributed by atoms with E-state index in [2.05, 4.69) is 34.8 Å². The molecule has 0 amide bonds. The molecular formula is C10H22N4. The van der Waals surface area contributed by atoms with Crippen molar-refractivity contribution in [1.29, 1.82) is 0 Å². The van der Waals surface area contributed by atoms with Crippen LogP contribution in [-0.4, -0.2) is 51.0 Å². The number of rotatable bonds is 0. The van der Waals surface area contributed by atoms with Crippen molar-refractivity contribution in [2.45, 2.75) is 19.9 Å². The summed E-state index contributed by atoms with van der Waals surface area (Å²) in [6, 6.07) is 0.532. The number of aliphatic imine (C=N–C) groups is 1. The molecule has 14 heavy (non-hydrogen) atoms. The molecule has 3 N–H and O–H groups in total. The zero-order valence-electron chi connectivity index (χ0n) is 9.27. The van der Waals surface area contributed by atoms with E-state index in [4.69, 9.17) is 0 Å². The summed E-state index contributed by atoms with van der Waals surface area (Å²) in [7, 11) is 0. The largest absolute Gasteiger partial charge is 0.314 e. The highest BCUT2D eigenvalue weighted by Gasteiger charge is 2.01. The molecule has 0 radical (unpaired) electrons. The van der Waals surface area contributed by atoms with E-state index >= 15 is 0 Å². The Morgan fingerprint density at radius 3 is 2.93 bits per heavy atom. The van der Waals surface area contributed by atoms with Gasteiger partial charge in [0.05, 0.1) is 6.54 Å². The fraction of sp³-hybridized carbons (Fsp3) is 0.900. The third-order valence-corrected chi connectivity index (χ3v) is 2.30. The average Bonchev–Trinajstić information content (AvgIpc) is 2.14. The molecule has 0 aliphatic carbocycles. The van der Waals surface area contributed by atoms with Gasteiger partial charge in [-0.3, -0.25) is 4.99 Å². The Hall–Kier alpha value is -0.450. The van der Waals surface area contributed by atoms with Gasteiger partial charge in [-0.1, -0.05) is 0 Å². The lowest BCUT2D eigenvalue weighted by Crippen LogP contribution is -2.41. The maximum Gasteiger partial charge on any atom is 0.0514 e. The van der Waals surface area contributed by atoms with Crippen molar-refractivity contribution < 1.29 is 0 Å². The van der Waals surface area contributed by atoms with Crippen LogP contribution in [0.3, 0.4) is 0 Å². The molecule has 0 aromatic carbocycles. The van der Waals surface area contributed by atoms with Gasteiger partial charge in [0.15, 0.2) is 0 Å². The summed E-state index contributed by atoms with van der Waals surface area (Å²) >= 11 is 0. The van der Waals surface area contributed by atoms with Crippen LogP contribution in [0, 0.1) is 0 Å². The van der Waals surface area contributed by atoms with Gasteiger partial charge in [0, 0.05) is 44.5 Å². The number of hydrogen-bond acceptors (Lipinski definition) is 4. The maximum atomic E-state index is 4.45. The minimum atomic E-state index is 0.532. The Balaban J connectivity index is 2.32. The van der Waals surface area contributed by atoms with E-state index in [0.29, 0.717) is 6.04 Å². The molecule has 1 rings (SSSR count). The van der Waals surface area contributed by atoms with E-state index in [-0.39, 0.29) is 0 Å². The summed E-state index contributed by atoms with van der Waals surface area (Å²) in [5, 5.41) is 10.2. The first-order valence-corrected chi connectivity index (χ1v) is 5.44. The van der Waals surface area contributed by atoms with Crippen LogP contribution in [0.2, 0.25) is 0 Å². The van der Waals surface area contributed by atoms with Gasteiger partial charge in [-0.2, -0.15) is 0 Å². The van der Waals surface area contributed by atoms with Crippen molar-refractivity contribution in [3.8, 4) is 0 Å². The maximum absolute atomic E-state index is 4.45. The Bertz CT molecular complexity index is 179. The normalized spacial score (nSPS) is 27.3. The lowest BCUT2D eigenvalue weighted by molar-refractivity contribution is 0.503. The van der Waals surface area contributed by atoms with Gasteiger partial charge in [0.2, 0.25) is 0 Å². The summed E-state index contributed by atoms with van der Waals surface area (Å²) in [5.41, 5.74) is 1.19. The Morgan fingerprint density at radius 1 is 1.21 bits per heavy atom. The summed E-state index contributed by atoms with van der Waals surface area (Å²) in [6.45, 7) is 10.1. The second-order valence-corrected chi connectivity index (χ2v) is 3.85. The highest BCUT2D eigenvalue weighted by Crippen LogP contribution is 1.81. The predicted molar refractivity (Wildman–Crippen MR) is 61.2 cm³/mol. The summed E-state index contributed by atoms with van der Waals surface area (Å²) in [5.74, 6) is 0. The average molecular weight is 198 g/mol. The Labute approximate surface area is 86.6 Å². The molecular weight excluding hydrogens is 176 g/mol. The molecule has 1 atom stereocenters. The number of nitrogens with zero attached hydrogens (tertiary/aromatic N) is 1. The van der Waals surface area contributed by atoms with Gasteiger partial charge in [0.1, 0.15) is 0 Å². The monoisotopic (exact) mass is 198 g/mol. The van der Waals surface area contributed by atoms with Crippen LogP contribution in [0.15, 0.2) is 4.99 Å². The zero-order valence-corrected chi connectivity index (χ0v) is 9.27. The molecule has 4 heteroatoms. The second-order valence-electron chi connectivity index (χ2n) is 3.85. The highest BCUT2D eigenvalue weighted by atomic mass is 15.0. The van der Waals surface area contributed by atoms with Gasteiger partial charge in [-0.05, 0) is 13.8 Å². The van der Waals surface area contributed by atoms with E-state index in [9.17, 15) is 0 Å². The first-order valence-electron chi connectivity index (χ1n) is 5.44. The number of nitrogens with one attached hydrogen (secondary N) is 3. The predicted octanol–water partition coefficient (Wildman–Crippen LogP) is -0.382. The van der Waals surface area contributed by atoms with E-state index in [1.165, 1.54) is 5.71 Å². The van der Waals surface area contributed by atoms with Crippen LogP contribution in [0.5, 0.6) is 0 Å². The van der Waals surface area contributed by atoms with Crippen LogP contribution in [0.25, 0.3) is 0 Å². The van der Waals surface area contributed by atoms with Crippen molar-refractivity contribution in [3.63, 3.8) is 0 Å². The Kier molecular flexibility index (Phi) is 5.75. The minimum Gasteiger partial charge on any atom is -0.314 e. The molecule has 0 spiro atoms. The molecule has 1 heterocycles. The first kappa shape index (κ1) is 11.6. The third kappa shape index (κ3) is 5.32. The molecule has 0 aromatic heterocycles. The topological polar surface area (TPSA) is 48.5 Å². The van der Waals surface area contributed by atoms with Crippen molar-refractivity contribution in [2.75, 3.05) is 39.3 Å². The highest BCUT2D eigenvalue weighted by molar-refractivity contribution is 5.83. The lowest BCUT2D eigenvalue weighted by atomic mass is 10.3. The molecule has 0 saturated heterocycles. The molecule has 0 fully saturated rings. The standard InChI is InChI=1S/C10H22N4/c1-9-7-12-8-10(2)14-6-4-11-3-5-13-9/h9,11-13H,3-8H2,1-2H3. The lowest BCUT2D eigenvalue weighted by Gasteiger charge is -2.16. The second kappa shape index (κ2) is 6.92. The van der Waals surface area contributed by atoms with Gasteiger partial charge < -0.3 is 16.0 Å². The summed E-state index contributed by atoms with van der Waals surface area (Å²) in [6.07, 6.45) is 0. The molecule has 0 bridgehead atoms. The SMILES string of the molecule is CC1=NCCNCCNC(C)CNC1. The smallest absolute Gasteiger partial charge is 0.0514 e. The van der Waals surface area contributed by atoms with Crippen LogP contribution < -0.4 is 16.0 Å². The molecule has 4 nitrogen and oxygen atoms in total. The quantitative estimate of drug-likeness (QED) is 0.497. The van der Waals surface area contributed by atoms with Crippen LogP contribution in [-0.2, 0) is 0 Å². The summed E-state index contributed by atoms with van der Waals surface area (Å²) in [4.78, 5) is 4.45. The van der Waals surface area contributed by atoms with Crippen molar-refractivity contribution in [3.05, 3.63) is 0 Å². The Morgan fingerprint density at radius 2 is 2.07 bits per heavy atom. The molecule has 1 aliphatic rings. The minimum absolute atomic E-state index is 0.532. The van der Waals surface area contributed by atoms with Crippen molar-refractivity contribution in [1.82, 2.24) is 16.0 Å². The number of hydrogen-bond donors (Lipinski definition) is 3. The molecule has 1 unspecified atom stereocenters. The van der Waals surface area contributed by atoms with Gasteiger partial charge in [0.25, 0.3) is 0 Å². The molecule has 0 saturated carbocycles. The fourth-order valence-corrected chi connectivity index (χ4v) is 1.46. The van der Waals surface area contributed by atoms with Crippen LogP contribution in [0.1, 0.15) is 13.8 Å². The molecule has 0 aromatic rings. The molecule has 1 aliphatic heterocycles. The van der Waals surface area contributed by atoms with Crippen LogP contribution in [0.4, 0.5) is 0 Å².